The van der Waals surface area contributed by atoms with Crippen LogP contribution in [0.2, 0.25) is 5.02 Å². The van der Waals surface area contributed by atoms with E-state index in [9.17, 15) is 10.1 Å². The molecule has 2 rings (SSSR count). The SMILES string of the molecule is O=[N+]([O-])c1cc(Cl)ccc1NCc1ccncn1. The highest BCUT2D eigenvalue weighted by atomic mass is 35.5. The van der Waals surface area contributed by atoms with E-state index in [1.54, 1.807) is 24.4 Å². The highest BCUT2D eigenvalue weighted by Crippen LogP contribution is 2.27. The monoisotopic (exact) mass is 264 g/mol. The van der Waals surface area contributed by atoms with Crippen LogP contribution in [0.15, 0.2) is 36.8 Å². The topological polar surface area (TPSA) is 81.0 Å². The Labute approximate surface area is 108 Å². The molecule has 0 aliphatic rings. The third-order valence-corrected chi connectivity index (χ3v) is 2.49. The molecule has 0 aliphatic heterocycles. The predicted molar refractivity (Wildman–Crippen MR) is 67.5 cm³/mol. The zero-order chi connectivity index (χ0) is 13.0. The molecule has 0 radical (unpaired) electrons. The van der Waals surface area contributed by atoms with Crippen LogP contribution in [0.5, 0.6) is 0 Å². The average molecular weight is 265 g/mol. The highest BCUT2D eigenvalue weighted by Gasteiger charge is 2.13. The number of nitro groups is 1. The summed E-state index contributed by atoms with van der Waals surface area (Å²) in [7, 11) is 0. The number of nitrogens with zero attached hydrogens (tertiary/aromatic N) is 3. The molecular weight excluding hydrogens is 256 g/mol. The Balaban J connectivity index is 2.17. The number of nitro benzene ring substituents is 1. The second-order valence-electron chi connectivity index (χ2n) is 3.47. The lowest BCUT2D eigenvalue weighted by atomic mass is 10.2. The quantitative estimate of drug-likeness (QED) is 0.678. The van der Waals surface area contributed by atoms with Gasteiger partial charge in [0.25, 0.3) is 5.69 Å². The van der Waals surface area contributed by atoms with Crippen molar-refractivity contribution < 1.29 is 4.92 Å². The van der Waals surface area contributed by atoms with E-state index in [1.165, 1.54) is 12.4 Å². The maximum absolute atomic E-state index is 10.9. The number of anilines is 1. The molecule has 0 spiro atoms. The van der Waals surface area contributed by atoms with E-state index < -0.39 is 4.92 Å². The zero-order valence-electron chi connectivity index (χ0n) is 9.21. The Kier molecular flexibility index (Phi) is 3.69. The normalized spacial score (nSPS) is 10.1. The van der Waals surface area contributed by atoms with E-state index >= 15 is 0 Å². The fourth-order valence-corrected chi connectivity index (χ4v) is 1.58. The summed E-state index contributed by atoms with van der Waals surface area (Å²) in [5, 5.41) is 14.1. The van der Waals surface area contributed by atoms with Gasteiger partial charge in [-0.15, -0.1) is 0 Å². The number of halogens is 1. The fourth-order valence-electron chi connectivity index (χ4n) is 1.41. The minimum atomic E-state index is -0.478. The van der Waals surface area contributed by atoms with Gasteiger partial charge in [0.1, 0.15) is 12.0 Å². The molecule has 1 heterocycles. The number of nitrogens with one attached hydrogen (secondary N) is 1. The van der Waals surface area contributed by atoms with Crippen LogP contribution < -0.4 is 5.32 Å². The van der Waals surface area contributed by atoms with Gasteiger partial charge in [-0.2, -0.15) is 0 Å². The molecule has 1 N–H and O–H groups in total. The van der Waals surface area contributed by atoms with E-state index in [-0.39, 0.29) is 5.69 Å². The molecule has 1 aromatic carbocycles. The molecule has 2 aromatic rings. The third kappa shape index (κ3) is 2.92. The maximum atomic E-state index is 10.9. The summed E-state index contributed by atoms with van der Waals surface area (Å²) in [6.45, 7) is 0.380. The summed E-state index contributed by atoms with van der Waals surface area (Å²) < 4.78 is 0. The van der Waals surface area contributed by atoms with Gasteiger partial charge in [-0.05, 0) is 18.2 Å². The highest BCUT2D eigenvalue weighted by molar-refractivity contribution is 6.30. The maximum Gasteiger partial charge on any atom is 0.293 e. The van der Waals surface area contributed by atoms with Crippen molar-refractivity contribution in [2.24, 2.45) is 0 Å². The van der Waals surface area contributed by atoms with Crippen LogP contribution >= 0.6 is 11.6 Å². The van der Waals surface area contributed by atoms with E-state index in [1.807, 2.05) is 0 Å². The number of hydrogen-bond acceptors (Lipinski definition) is 5. The molecule has 18 heavy (non-hydrogen) atoms. The van der Waals surface area contributed by atoms with Gasteiger partial charge in [0.05, 0.1) is 17.2 Å². The zero-order valence-corrected chi connectivity index (χ0v) is 9.96. The van der Waals surface area contributed by atoms with Gasteiger partial charge >= 0.3 is 0 Å². The molecule has 92 valence electrons. The van der Waals surface area contributed by atoms with Crippen molar-refractivity contribution in [3.8, 4) is 0 Å². The lowest BCUT2D eigenvalue weighted by molar-refractivity contribution is -0.383. The lowest BCUT2D eigenvalue weighted by Crippen LogP contribution is -2.04. The summed E-state index contributed by atoms with van der Waals surface area (Å²) in [6.07, 6.45) is 3.04. The number of rotatable bonds is 4. The summed E-state index contributed by atoms with van der Waals surface area (Å²) in [5.41, 5.74) is 1.09. The molecule has 1 aromatic heterocycles. The van der Waals surface area contributed by atoms with Gasteiger partial charge in [-0.25, -0.2) is 9.97 Å². The standard InChI is InChI=1S/C11H9ClN4O2/c12-8-1-2-10(11(5-8)16(17)18)14-6-9-3-4-13-7-15-9/h1-5,7,14H,6H2. The van der Waals surface area contributed by atoms with Gasteiger partial charge in [0, 0.05) is 17.3 Å². The van der Waals surface area contributed by atoms with E-state index in [0.717, 1.165) is 5.69 Å². The van der Waals surface area contributed by atoms with Gasteiger partial charge < -0.3 is 5.32 Å². The first kappa shape index (κ1) is 12.3. The fraction of sp³-hybridized carbons (Fsp3) is 0.0909. The molecular formula is C11H9ClN4O2. The number of benzene rings is 1. The molecule has 0 amide bonds. The third-order valence-electron chi connectivity index (χ3n) is 2.26. The Bertz CT molecular complexity index is 562. The first-order chi connectivity index (χ1) is 8.66. The smallest absolute Gasteiger partial charge is 0.293 e. The molecule has 0 aliphatic carbocycles. The van der Waals surface area contributed by atoms with Crippen LogP contribution in [0.3, 0.4) is 0 Å². The molecule has 0 saturated heterocycles. The van der Waals surface area contributed by atoms with Crippen molar-refractivity contribution >= 4 is 23.0 Å². The largest absolute Gasteiger partial charge is 0.374 e. The van der Waals surface area contributed by atoms with Crippen molar-refractivity contribution in [1.82, 2.24) is 9.97 Å². The average Bonchev–Trinajstić information content (AvgIpc) is 2.38. The summed E-state index contributed by atoms with van der Waals surface area (Å²) in [4.78, 5) is 18.2. The number of hydrogen-bond donors (Lipinski definition) is 1. The summed E-state index contributed by atoms with van der Waals surface area (Å²) in [6, 6.07) is 6.21. The summed E-state index contributed by atoms with van der Waals surface area (Å²) >= 11 is 5.73. The van der Waals surface area contributed by atoms with Gasteiger partial charge in [-0.1, -0.05) is 11.6 Å². The second-order valence-corrected chi connectivity index (χ2v) is 3.91. The molecule has 7 heteroatoms. The Morgan fingerprint density at radius 2 is 2.22 bits per heavy atom. The lowest BCUT2D eigenvalue weighted by Gasteiger charge is -2.06. The van der Waals surface area contributed by atoms with Crippen LogP contribution in [0, 0.1) is 10.1 Å². The molecule has 0 saturated carbocycles. The van der Waals surface area contributed by atoms with Crippen molar-refractivity contribution in [3.63, 3.8) is 0 Å². The summed E-state index contributed by atoms with van der Waals surface area (Å²) in [5.74, 6) is 0. The Morgan fingerprint density at radius 3 is 2.89 bits per heavy atom. The molecule has 0 unspecified atom stereocenters. The van der Waals surface area contributed by atoms with Gasteiger partial charge in [0.15, 0.2) is 0 Å². The van der Waals surface area contributed by atoms with Gasteiger partial charge in [-0.3, -0.25) is 10.1 Å². The van der Waals surface area contributed by atoms with Crippen molar-refractivity contribution in [2.75, 3.05) is 5.32 Å². The van der Waals surface area contributed by atoms with E-state index in [2.05, 4.69) is 15.3 Å². The minimum Gasteiger partial charge on any atom is -0.374 e. The van der Waals surface area contributed by atoms with Gasteiger partial charge in [0.2, 0.25) is 0 Å². The van der Waals surface area contributed by atoms with Crippen molar-refractivity contribution in [1.29, 1.82) is 0 Å². The van der Waals surface area contributed by atoms with Crippen LogP contribution in [0.25, 0.3) is 0 Å². The second kappa shape index (κ2) is 5.42. The van der Waals surface area contributed by atoms with Crippen molar-refractivity contribution in [2.45, 2.75) is 6.54 Å². The van der Waals surface area contributed by atoms with Crippen LogP contribution in [0.4, 0.5) is 11.4 Å². The van der Waals surface area contributed by atoms with Crippen molar-refractivity contribution in [3.05, 3.63) is 57.6 Å². The molecule has 0 atom stereocenters. The Morgan fingerprint density at radius 1 is 1.39 bits per heavy atom. The number of aromatic nitrogens is 2. The first-order valence-electron chi connectivity index (χ1n) is 5.09. The van der Waals surface area contributed by atoms with Crippen LogP contribution in [-0.2, 0) is 6.54 Å². The van der Waals surface area contributed by atoms with E-state index in [0.29, 0.717) is 17.3 Å². The predicted octanol–water partition coefficient (Wildman–Crippen LogP) is 2.65. The molecule has 0 fully saturated rings. The molecule has 0 bridgehead atoms. The first-order valence-corrected chi connectivity index (χ1v) is 5.47. The van der Waals surface area contributed by atoms with Crippen LogP contribution in [0.1, 0.15) is 5.69 Å². The minimum absolute atomic E-state index is 0.0587. The van der Waals surface area contributed by atoms with E-state index in [4.69, 9.17) is 11.6 Å². The van der Waals surface area contributed by atoms with Crippen LogP contribution in [-0.4, -0.2) is 14.9 Å². The molecule has 6 nitrogen and oxygen atoms in total. The Hall–Kier alpha value is -2.21.